The summed E-state index contributed by atoms with van der Waals surface area (Å²) in [6.07, 6.45) is 0. The molecular formula is C13H18FNO3. The summed E-state index contributed by atoms with van der Waals surface area (Å²) in [6, 6.07) is 3.84. The van der Waals surface area contributed by atoms with Crippen molar-refractivity contribution in [2.24, 2.45) is 0 Å². The van der Waals surface area contributed by atoms with E-state index in [1.165, 1.54) is 12.1 Å². The molecule has 0 aliphatic heterocycles. The van der Waals surface area contributed by atoms with Gasteiger partial charge < -0.3 is 9.84 Å². The van der Waals surface area contributed by atoms with E-state index in [1.54, 1.807) is 7.11 Å². The summed E-state index contributed by atoms with van der Waals surface area (Å²) in [6.45, 7) is 2.86. The normalized spacial score (nSPS) is 12.7. The molecular weight excluding hydrogens is 237 g/mol. The molecule has 1 atom stereocenters. The minimum Gasteiger partial charge on any atom is -0.478 e. The average Bonchev–Trinajstić information content (AvgIpc) is 2.28. The maximum absolute atomic E-state index is 13.2. The summed E-state index contributed by atoms with van der Waals surface area (Å²) in [4.78, 5) is 13.0. The van der Waals surface area contributed by atoms with Gasteiger partial charge in [-0.05, 0) is 37.7 Å². The van der Waals surface area contributed by atoms with E-state index in [9.17, 15) is 9.18 Å². The maximum Gasteiger partial charge on any atom is 0.336 e. The number of likely N-dealkylation sites (N-methyl/N-ethyl adjacent to an activating group) is 1. The molecule has 1 N–H and O–H groups in total. The van der Waals surface area contributed by atoms with Crippen LogP contribution in [0.1, 0.15) is 22.8 Å². The molecule has 0 aromatic heterocycles. The Labute approximate surface area is 106 Å². The van der Waals surface area contributed by atoms with Crippen LogP contribution in [0, 0.1) is 5.82 Å². The number of nitrogens with zero attached hydrogens (tertiary/aromatic N) is 1. The lowest BCUT2D eigenvalue weighted by molar-refractivity contribution is 0.0692. The quantitative estimate of drug-likeness (QED) is 0.844. The molecule has 100 valence electrons. The predicted octanol–water partition coefficient (Wildman–Crippen LogP) is 1.99. The maximum atomic E-state index is 13.2. The van der Waals surface area contributed by atoms with E-state index < -0.39 is 11.8 Å². The van der Waals surface area contributed by atoms with Gasteiger partial charge >= 0.3 is 5.97 Å². The zero-order valence-electron chi connectivity index (χ0n) is 10.8. The molecule has 0 saturated heterocycles. The van der Waals surface area contributed by atoms with Crippen molar-refractivity contribution in [3.05, 3.63) is 35.1 Å². The van der Waals surface area contributed by atoms with Crippen LogP contribution in [-0.2, 0) is 11.3 Å². The van der Waals surface area contributed by atoms with Crippen molar-refractivity contribution in [1.82, 2.24) is 4.90 Å². The fraction of sp³-hybridized carbons (Fsp3) is 0.462. The van der Waals surface area contributed by atoms with Crippen molar-refractivity contribution in [2.75, 3.05) is 20.8 Å². The van der Waals surface area contributed by atoms with Gasteiger partial charge in [-0.1, -0.05) is 0 Å². The summed E-state index contributed by atoms with van der Waals surface area (Å²) in [5, 5.41) is 9.05. The molecule has 0 fully saturated rings. The van der Waals surface area contributed by atoms with E-state index in [2.05, 4.69) is 0 Å². The molecule has 0 bridgehead atoms. The number of rotatable bonds is 6. The minimum absolute atomic E-state index is 0.125. The molecule has 0 aliphatic carbocycles. The van der Waals surface area contributed by atoms with Crippen molar-refractivity contribution in [3.63, 3.8) is 0 Å². The number of ether oxygens (including phenoxy) is 1. The molecule has 4 nitrogen and oxygen atoms in total. The van der Waals surface area contributed by atoms with Gasteiger partial charge in [-0.25, -0.2) is 9.18 Å². The van der Waals surface area contributed by atoms with Crippen LogP contribution in [0.15, 0.2) is 18.2 Å². The molecule has 0 heterocycles. The highest BCUT2D eigenvalue weighted by atomic mass is 19.1. The van der Waals surface area contributed by atoms with E-state index in [0.717, 1.165) is 6.07 Å². The first kappa shape index (κ1) is 14.6. The smallest absolute Gasteiger partial charge is 0.336 e. The molecule has 1 aromatic carbocycles. The largest absolute Gasteiger partial charge is 0.478 e. The Morgan fingerprint density at radius 3 is 2.78 bits per heavy atom. The van der Waals surface area contributed by atoms with Crippen LogP contribution in [0.3, 0.4) is 0 Å². The van der Waals surface area contributed by atoms with Crippen LogP contribution in [0.2, 0.25) is 0 Å². The minimum atomic E-state index is -1.04. The first-order chi connectivity index (χ1) is 8.45. The fourth-order valence-electron chi connectivity index (χ4n) is 1.69. The molecule has 1 unspecified atom stereocenters. The van der Waals surface area contributed by atoms with Crippen LogP contribution in [-0.4, -0.2) is 42.8 Å². The Hall–Kier alpha value is -1.46. The van der Waals surface area contributed by atoms with Crippen molar-refractivity contribution in [3.8, 4) is 0 Å². The second-order valence-corrected chi connectivity index (χ2v) is 4.33. The lowest BCUT2D eigenvalue weighted by atomic mass is 10.1. The summed E-state index contributed by atoms with van der Waals surface area (Å²) in [5.41, 5.74) is 0.598. The molecule has 0 amide bonds. The van der Waals surface area contributed by atoms with Crippen LogP contribution in [0.25, 0.3) is 0 Å². The summed E-state index contributed by atoms with van der Waals surface area (Å²) in [5.74, 6) is -1.47. The van der Waals surface area contributed by atoms with E-state index in [4.69, 9.17) is 9.84 Å². The van der Waals surface area contributed by atoms with Gasteiger partial charge in [0.2, 0.25) is 0 Å². The number of aromatic carboxylic acids is 1. The zero-order chi connectivity index (χ0) is 13.7. The van der Waals surface area contributed by atoms with Crippen molar-refractivity contribution < 1.29 is 19.0 Å². The standard InChI is InChI=1S/C13H18FNO3/c1-9(8-18-3)15(2)7-10-6-11(14)4-5-12(10)13(16)17/h4-6,9H,7-8H2,1-3H3,(H,16,17). The Morgan fingerprint density at radius 1 is 1.56 bits per heavy atom. The molecule has 0 saturated carbocycles. The topological polar surface area (TPSA) is 49.8 Å². The first-order valence-corrected chi connectivity index (χ1v) is 5.66. The molecule has 1 rings (SSSR count). The SMILES string of the molecule is COCC(C)N(C)Cc1cc(F)ccc1C(=O)O. The Morgan fingerprint density at radius 2 is 2.22 bits per heavy atom. The van der Waals surface area contributed by atoms with Gasteiger partial charge in [0.25, 0.3) is 0 Å². The summed E-state index contributed by atoms with van der Waals surface area (Å²) in [7, 11) is 3.45. The second kappa shape index (κ2) is 6.47. The van der Waals surface area contributed by atoms with Crippen molar-refractivity contribution in [1.29, 1.82) is 0 Å². The highest BCUT2D eigenvalue weighted by Gasteiger charge is 2.15. The average molecular weight is 255 g/mol. The lowest BCUT2D eigenvalue weighted by Crippen LogP contribution is -2.32. The Bertz CT molecular complexity index is 423. The molecule has 0 spiro atoms. The van der Waals surface area contributed by atoms with Gasteiger partial charge in [-0.15, -0.1) is 0 Å². The fourth-order valence-corrected chi connectivity index (χ4v) is 1.69. The Balaban J connectivity index is 2.88. The summed E-state index contributed by atoms with van der Waals surface area (Å²) < 4.78 is 18.2. The van der Waals surface area contributed by atoms with Gasteiger partial charge in [-0.2, -0.15) is 0 Å². The van der Waals surface area contributed by atoms with Gasteiger partial charge in [0.1, 0.15) is 5.82 Å². The monoisotopic (exact) mass is 255 g/mol. The number of carboxylic acids is 1. The van der Waals surface area contributed by atoms with E-state index in [0.29, 0.717) is 18.7 Å². The highest BCUT2D eigenvalue weighted by Crippen LogP contribution is 2.15. The van der Waals surface area contributed by atoms with E-state index >= 15 is 0 Å². The zero-order valence-corrected chi connectivity index (χ0v) is 10.8. The number of methoxy groups -OCH3 is 1. The molecule has 0 aliphatic rings. The molecule has 18 heavy (non-hydrogen) atoms. The van der Waals surface area contributed by atoms with E-state index in [1.807, 2.05) is 18.9 Å². The number of carboxylic acid groups (broad SMARTS) is 1. The predicted molar refractivity (Wildman–Crippen MR) is 66.2 cm³/mol. The third kappa shape index (κ3) is 3.78. The summed E-state index contributed by atoms with van der Waals surface area (Å²) >= 11 is 0. The van der Waals surface area contributed by atoms with Crippen LogP contribution in [0.4, 0.5) is 4.39 Å². The first-order valence-electron chi connectivity index (χ1n) is 5.66. The number of carbonyl (C=O) groups is 1. The van der Waals surface area contributed by atoms with Gasteiger partial charge in [0, 0.05) is 19.7 Å². The van der Waals surface area contributed by atoms with Crippen LogP contribution >= 0.6 is 0 Å². The number of hydrogen-bond donors (Lipinski definition) is 1. The van der Waals surface area contributed by atoms with Crippen LogP contribution in [0.5, 0.6) is 0 Å². The number of hydrogen-bond acceptors (Lipinski definition) is 3. The van der Waals surface area contributed by atoms with Crippen molar-refractivity contribution in [2.45, 2.75) is 19.5 Å². The van der Waals surface area contributed by atoms with Gasteiger partial charge in [0.05, 0.1) is 12.2 Å². The molecule has 0 radical (unpaired) electrons. The van der Waals surface area contributed by atoms with Gasteiger partial charge in [0.15, 0.2) is 0 Å². The number of halogens is 1. The molecule has 5 heteroatoms. The van der Waals surface area contributed by atoms with E-state index in [-0.39, 0.29) is 11.6 Å². The second-order valence-electron chi connectivity index (χ2n) is 4.33. The highest BCUT2D eigenvalue weighted by molar-refractivity contribution is 5.89. The molecule has 1 aromatic rings. The third-order valence-corrected chi connectivity index (χ3v) is 2.88. The lowest BCUT2D eigenvalue weighted by Gasteiger charge is -2.24. The van der Waals surface area contributed by atoms with Gasteiger partial charge in [-0.3, -0.25) is 4.90 Å². The van der Waals surface area contributed by atoms with Crippen LogP contribution < -0.4 is 0 Å². The Kier molecular flexibility index (Phi) is 5.25. The third-order valence-electron chi connectivity index (χ3n) is 2.88. The number of benzene rings is 1. The van der Waals surface area contributed by atoms with Crippen molar-refractivity contribution >= 4 is 5.97 Å².